The molecule has 0 radical (unpaired) electrons. The Hall–Kier alpha value is -1.52. The quantitative estimate of drug-likeness (QED) is 0.749. The van der Waals surface area contributed by atoms with Crippen molar-refractivity contribution in [1.82, 2.24) is 0 Å². The van der Waals surface area contributed by atoms with Crippen molar-refractivity contribution in [3.63, 3.8) is 0 Å². The van der Waals surface area contributed by atoms with Gasteiger partial charge in [-0.25, -0.2) is 0 Å². The van der Waals surface area contributed by atoms with Crippen LogP contribution in [0.15, 0.2) is 18.2 Å². The maximum Gasteiger partial charge on any atom is 0.496 e. The standard InChI is InChI=1S/C14H15BF3NO2/c1-12(2)13(3,4)21-15(20-12)11-7-5-6-10(9(11)8-19)14(16,17)18/h5-7H,1-4H3. The summed E-state index contributed by atoms with van der Waals surface area (Å²) in [6.45, 7) is 7.19. The number of nitrogens with zero attached hydrogens (tertiary/aromatic N) is 1. The molecule has 2 rings (SSSR count). The third-order valence-corrected chi connectivity index (χ3v) is 4.02. The van der Waals surface area contributed by atoms with E-state index in [9.17, 15) is 13.2 Å². The number of halogens is 3. The lowest BCUT2D eigenvalue weighted by atomic mass is 9.75. The Kier molecular flexibility index (Phi) is 3.59. The van der Waals surface area contributed by atoms with Crippen LogP contribution in [0.3, 0.4) is 0 Å². The molecule has 0 N–H and O–H groups in total. The van der Waals surface area contributed by atoms with Crippen molar-refractivity contribution in [3.05, 3.63) is 29.3 Å². The van der Waals surface area contributed by atoms with Crippen LogP contribution < -0.4 is 5.46 Å². The SMILES string of the molecule is CC1(C)OB(c2cccc(C(F)(F)F)c2C#N)OC1(C)C. The molecular weight excluding hydrogens is 282 g/mol. The maximum absolute atomic E-state index is 13.0. The average molecular weight is 297 g/mol. The second-order valence-corrected chi connectivity index (χ2v) is 5.97. The third-order valence-electron chi connectivity index (χ3n) is 4.02. The average Bonchev–Trinajstić information content (AvgIpc) is 2.56. The number of benzene rings is 1. The van der Waals surface area contributed by atoms with Crippen LogP contribution in [-0.4, -0.2) is 18.3 Å². The summed E-state index contributed by atoms with van der Waals surface area (Å²) < 4.78 is 50.4. The van der Waals surface area contributed by atoms with E-state index in [1.807, 2.05) is 0 Å². The van der Waals surface area contributed by atoms with Crippen LogP contribution in [0, 0.1) is 11.3 Å². The van der Waals surface area contributed by atoms with Crippen molar-refractivity contribution in [2.45, 2.75) is 45.1 Å². The van der Waals surface area contributed by atoms with Gasteiger partial charge in [-0.05, 0) is 33.8 Å². The Labute approximate surface area is 121 Å². The van der Waals surface area contributed by atoms with E-state index in [0.29, 0.717) is 0 Å². The topological polar surface area (TPSA) is 42.2 Å². The molecule has 0 unspecified atom stereocenters. The second-order valence-electron chi connectivity index (χ2n) is 5.97. The van der Waals surface area contributed by atoms with Gasteiger partial charge < -0.3 is 9.31 Å². The van der Waals surface area contributed by atoms with Crippen LogP contribution in [0.2, 0.25) is 0 Å². The normalized spacial score (nSPS) is 20.4. The van der Waals surface area contributed by atoms with E-state index in [1.54, 1.807) is 33.8 Å². The molecule has 0 aromatic heterocycles. The largest absolute Gasteiger partial charge is 0.496 e. The first-order chi connectivity index (χ1) is 9.49. The van der Waals surface area contributed by atoms with Crippen molar-refractivity contribution < 1.29 is 22.5 Å². The van der Waals surface area contributed by atoms with Gasteiger partial charge in [0.25, 0.3) is 0 Å². The van der Waals surface area contributed by atoms with Crippen LogP contribution >= 0.6 is 0 Å². The zero-order valence-electron chi connectivity index (χ0n) is 12.2. The fourth-order valence-electron chi connectivity index (χ4n) is 2.10. The van der Waals surface area contributed by atoms with Gasteiger partial charge in [-0.15, -0.1) is 0 Å². The van der Waals surface area contributed by atoms with Gasteiger partial charge in [-0.3, -0.25) is 0 Å². The number of hydrogen-bond acceptors (Lipinski definition) is 3. The molecule has 112 valence electrons. The highest BCUT2D eigenvalue weighted by atomic mass is 19.4. The van der Waals surface area contributed by atoms with Gasteiger partial charge >= 0.3 is 13.3 Å². The highest BCUT2D eigenvalue weighted by molar-refractivity contribution is 6.62. The molecule has 0 spiro atoms. The van der Waals surface area contributed by atoms with Crippen LogP contribution in [-0.2, 0) is 15.5 Å². The summed E-state index contributed by atoms with van der Waals surface area (Å²) in [6.07, 6.45) is -4.59. The molecule has 1 aliphatic rings. The molecule has 3 nitrogen and oxygen atoms in total. The van der Waals surface area contributed by atoms with Crippen molar-refractivity contribution in [3.8, 4) is 6.07 Å². The van der Waals surface area contributed by atoms with Crippen LogP contribution in [0.25, 0.3) is 0 Å². The van der Waals surface area contributed by atoms with Gasteiger partial charge in [0.2, 0.25) is 0 Å². The van der Waals surface area contributed by atoms with Crippen molar-refractivity contribution in [2.75, 3.05) is 0 Å². The van der Waals surface area contributed by atoms with Crippen LogP contribution in [0.1, 0.15) is 38.8 Å². The lowest BCUT2D eigenvalue weighted by Gasteiger charge is -2.32. The van der Waals surface area contributed by atoms with Gasteiger partial charge in [0.15, 0.2) is 0 Å². The molecule has 7 heteroatoms. The summed E-state index contributed by atoms with van der Waals surface area (Å²) in [5, 5.41) is 9.12. The number of hydrogen-bond donors (Lipinski definition) is 0. The molecule has 1 aromatic carbocycles. The monoisotopic (exact) mass is 297 g/mol. The van der Waals surface area contributed by atoms with E-state index in [1.165, 1.54) is 12.1 Å². The van der Waals surface area contributed by atoms with Crippen molar-refractivity contribution in [2.24, 2.45) is 0 Å². The predicted octanol–water partition coefficient (Wildman–Crippen LogP) is 2.88. The number of nitriles is 1. The van der Waals surface area contributed by atoms with E-state index in [4.69, 9.17) is 14.6 Å². The van der Waals surface area contributed by atoms with Gasteiger partial charge in [0.1, 0.15) is 0 Å². The fraction of sp³-hybridized carbons (Fsp3) is 0.500. The fourth-order valence-corrected chi connectivity index (χ4v) is 2.10. The molecular formula is C14H15BF3NO2. The Bertz CT molecular complexity index is 589. The van der Waals surface area contributed by atoms with Gasteiger partial charge in [0.05, 0.1) is 28.4 Å². The zero-order chi connectivity index (χ0) is 16.1. The van der Waals surface area contributed by atoms with Crippen molar-refractivity contribution in [1.29, 1.82) is 5.26 Å². The summed E-state index contributed by atoms with van der Waals surface area (Å²) in [5.41, 5.74) is -2.69. The Morgan fingerprint density at radius 3 is 2.05 bits per heavy atom. The summed E-state index contributed by atoms with van der Waals surface area (Å²) in [4.78, 5) is 0. The Morgan fingerprint density at radius 1 is 1.10 bits per heavy atom. The lowest BCUT2D eigenvalue weighted by Crippen LogP contribution is -2.41. The molecule has 0 aliphatic carbocycles. The van der Waals surface area contributed by atoms with E-state index < -0.39 is 35.6 Å². The van der Waals surface area contributed by atoms with Gasteiger partial charge in [-0.1, -0.05) is 12.1 Å². The van der Waals surface area contributed by atoms with Crippen LogP contribution in [0.5, 0.6) is 0 Å². The molecule has 1 fully saturated rings. The van der Waals surface area contributed by atoms with E-state index >= 15 is 0 Å². The molecule has 0 atom stereocenters. The molecule has 0 bridgehead atoms. The number of alkyl halides is 3. The third kappa shape index (κ3) is 2.66. The van der Waals surface area contributed by atoms with E-state index in [0.717, 1.165) is 6.07 Å². The smallest absolute Gasteiger partial charge is 0.399 e. The molecule has 1 saturated heterocycles. The first-order valence-corrected chi connectivity index (χ1v) is 6.45. The van der Waals surface area contributed by atoms with Crippen LogP contribution in [0.4, 0.5) is 13.2 Å². The highest BCUT2D eigenvalue weighted by Gasteiger charge is 2.52. The second kappa shape index (κ2) is 4.75. The zero-order valence-corrected chi connectivity index (χ0v) is 12.2. The molecule has 1 heterocycles. The Morgan fingerprint density at radius 2 is 1.62 bits per heavy atom. The summed E-state index contributed by atoms with van der Waals surface area (Å²) in [7, 11) is -0.994. The van der Waals surface area contributed by atoms with Crippen molar-refractivity contribution >= 4 is 12.6 Å². The molecule has 1 aromatic rings. The molecule has 0 amide bonds. The summed E-state index contributed by atoms with van der Waals surface area (Å²) in [6, 6.07) is 5.19. The highest BCUT2D eigenvalue weighted by Crippen LogP contribution is 2.37. The van der Waals surface area contributed by atoms with Gasteiger partial charge in [-0.2, -0.15) is 18.4 Å². The summed E-state index contributed by atoms with van der Waals surface area (Å²) >= 11 is 0. The predicted molar refractivity (Wildman–Crippen MR) is 71.9 cm³/mol. The summed E-state index contributed by atoms with van der Waals surface area (Å²) in [5.74, 6) is 0. The Balaban J connectivity index is 2.51. The molecule has 1 aliphatic heterocycles. The minimum Gasteiger partial charge on any atom is -0.399 e. The molecule has 21 heavy (non-hydrogen) atoms. The number of rotatable bonds is 1. The minimum atomic E-state index is -4.59. The first kappa shape index (κ1) is 15.9. The lowest BCUT2D eigenvalue weighted by molar-refractivity contribution is -0.137. The van der Waals surface area contributed by atoms with Gasteiger partial charge in [0, 0.05) is 5.46 Å². The first-order valence-electron chi connectivity index (χ1n) is 6.45. The maximum atomic E-state index is 13.0. The van der Waals surface area contributed by atoms with E-state index in [2.05, 4.69) is 0 Å². The minimum absolute atomic E-state index is 0.103. The molecule has 0 saturated carbocycles. The van der Waals surface area contributed by atoms with E-state index in [-0.39, 0.29) is 5.46 Å².